The number of aryl methyl sites for hydroxylation is 1. The molecule has 8 heteroatoms. The molecule has 2 amide bonds. The van der Waals surface area contributed by atoms with Crippen molar-refractivity contribution in [3.8, 4) is 22.3 Å². The number of hydrogen-bond acceptors (Lipinski definition) is 5. The predicted octanol–water partition coefficient (Wildman–Crippen LogP) is 6.86. The SMILES string of the molecule is Cc1cccc(NC(=O)Nc2ccc(-c3csc4c(-c5cccc(C(=O)O)c5)cnc(N)c34)cc2)c1. The highest BCUT2D eigenvalue weighted by atomic mass is 32.1. The van der Waals surface area contributed by atoms with E-state index in [9.17, 15) is 14.7 Å². The highest BCUT2D eigenvalue weighted by Gasteiger charge is 2.16. The average Bonchev–Trinajstić information content (AvgIpc) is 3.31. The number of hydrogen-bond donors (Lipinski definition) is 4. The summed E-state index contributed by atoms with van der Waals surface area (Å²) in [5.41, 5.74) is 12.4. The number of aromatic nitrogens is 1. The number of anilines is 3. The number of carboxylic acid groups (broad SMARTS) is 1. The van der Waals surface area contributed by atoms with Crippen LogP contribution in [-0.4, -0.2) is 22.1 Å². The molecule has 2 heterocycles. The molecule has 0 saturated carbocycles. The Hall–Kier alpha value is -4.69. The molecule has 0 radical (unpaired) electrons. The fourth-order valence-corrected chi connectivity index (χ4v) is 5.17. The normalized spacial score (nSPS) is 10.8. The highest BCUT2D eigenvalue weighted by molar-refractivity contribution is 7.18. The number of thiophene rings is 1. The summed E-state index contributed by atoms with van der Waals surface area (Å²) in [7, 11) is 0. The number of carboxylic acids is 1. The molecule has 0 saturated heterocycles. The maximum atomic E-state index is 12.4. The number of fused-ring (bicyclic) bond motifs is 1. The van der Waals surface area contributed by atoms with E-state index in [0.29, 0.717) is 11.5 Å². The zero-order valence-electron chi connectivity index (χ0n) is 19.3. The molecule has 0 aliphatic heterocycles. The third-order valence-electron chi connectivity index (χ3n) is 5.77. The van der Waals surface area contributed by atoms with Crippen molar-refractivity contribution in [2.45, 2.75) is 6.92 Å². The minimum absolute atomic E-state index is 0.212. The van der Waals surface area contributed by atoms with E-state index >= 15 is 0 Å². The van der Waals surface area contributed by atoms with E-state index in [4.69, 9.17) is 5.73 Å². The van der Waals surface area contributed by atoms with Crippen LogP contribution in [-0.2, 0) is 0 Å². The number of rotatable bonds is 5. The van der Waals surface area contributed by atoms with Gasteiger partial charge in [0.05, 0.1) is 5.56 Å². The van der Waals surface area contributed by atoms with Gasteiger partial charge in [0.25, 0.3) is 0 Å². The van der Waals surface area contributed by atoms with Crippen LogP contribution in [0.4, 0.5) is 22.0 Å². The molecule has 5 N–H and O–H groups in total. The number of carbonyl (C=O) groups is 2. The molecule has 5 rings (SSSR count). The van der Waals surface area contributed by atoms with E-state index in [1.807, 2.05) is 66.9 Å². The lowest BCUT2D eigenvalue weighted by Crippen LogP contribution is -2.19. The van der Waals surface area contributed by atoms with Crippen molar-refractivity contribution in [3.63, 3.8) is 0 Å². The number of benzene rings is 3. The maximum Gasteiger partial charge on any atom is 0.335 e. The van der Waals surface area contributed by atoms with Crippen LogP contribution < -0.4 is 16.4 Å². The number of nitrogen functional groups attached to an aromatic ring is 1. The number of pyridine rings is 1. The van der Waals surface area contributed by atoms with Gasteiger partial charge in [0.15, 0.2) is 0 Å². The fourth-order valence-electron chi connectivity index (χ4n) is 4.05. The van der Waals surface area contributed by atoms with Crippen LogP contribution in [0.5, 0.6) is 0 Å². The molecule has 0 spiro atoms. The summed E-state index contributed by atoms with van der Waals surface area (Å²) in [5.74, 6) is -0.580. The fraction of sp³-hybridized carbons (Fsp3) is 0.0357. The van der Waals surface area contributed by atoms with Gasteiger partial charge in [-0.1, -0.05) is 36.4 Å². The minimum Gasteiger partial charge on any atom is -0.478 e. The van der Waals surface area contributed by atoms with E-state index in [1.165, 1.54) is 11.3 Å². The van der Waals surface area contributed by atoms with Crippen molar-refractivity contribution < 1.29 is 14.7 Å². The van der Waals surface area contributed by atoms with Crippen LogP contribution in [0, 0.1) is 6.92 Å². The summed E-state index contributed by atoms with van der Waals surface area (Å²) >= 11 is 1.53. The summed E-state index contributed by atoms with van der Waals surface area (Å²) in [5, 5.41) is 17.9. The number of nitrogens with zero attached hydrogens (tertiary/aromatic N) is 1. The van der Waals surface area contributed by atoms with E-state index in [-0.39, 0.29) is 11.6 Å². The van der Waals surface area contributed by atoms with Crippen molar-refractivity contribution in [3.05, 3.63) is 95.5 Å². The van der Waals surface area contributed by atoms with E-state index in [0.717, 1.165) is 43.6 Å². The molecule has 0 unspecified atom stereocenters. The summed E-state index contributed by atoms with van der Waals surface area (Å²) in [6.07, 6.45) is 1.68. The smallest absolute Gasteiger partial charge is 0.335 e. The predicted molar refractivity (Wildman–Crippen MR) is 146 cm³/mol. The minimum atomic E-state index is -0.982. The van der Waals surface area contributed by atoms with Gasteiger partial charge >= 0.3 is 12.0 Å². The van der Waals surface area contributed by atoms with Crippen molar-refractivity contribution >= 4 is 50.6 Å². The first-order valence-corrected chi connectivity index (χ1v) is 12.0. The van der Waals surface area contributed by atoms with Crippen LogP contribution >= 0.6 is 11.3 Å². The van der Waals surface area contributed by atoms with E-state index < -0.39 is 5.97 Å². The second-order valence-corrected chi connectivity index (χ2v) is 9.20. The van der Waals surface area contributed by atoms with E-state index in [2.05, 4.69) is 15.6 Å². The van der Waals surface area contributed by atoms with Crippen molar-refractivity contribution in [1.82, 2.24) is 4.98 Å². The number of carbonyl (C=O) groups excluding carboxylic acids is 1. The Labute approximate surface area is 211 Å². The Bertz CT molecular complexity index is 1610. The van der Waals surface area contributed by atoms with Gasteiger partial charge in [0.1, 0.15) is 5.82 Å². The first kappa shape index (κ1) is 23.1. The zero-order chi connectivity index (χ0) is 25.2. The monoisotopic (exact) mass is 494 g/mol. The third-order valence-corrected chi connectivity index (χ3v) is 6.79. The number of aromatic carboxylic acids is 1. The van der Waals surface area contributed by atoms with Crippen LogP contribution in [0.3, 0.4) is 0 Å². The Balaban J connectivity index is 1.42. The van der Waals surface area contributed by atoms with Crippen LogP contribution in [0.1, 0.15) is 15.9 Å². The molecule has 0 atom stereocenters. The molecule has 36 heavy (non-hydrogen) atoms. The van der Waals surface area contributed by atoms with Gasteiger partial charge in [0, 0.05) is 38.8 Å². The standard InChI is InChI=1S/C28H22N4O3S/c1-16-4-2-7-21(12-16)32-28(35)31-20-10-8-17(9-11-20)23-15-36-25-22(14-30-26(29)24(23)25)18-5-3-6-19(13-18)27(33)34/h2-15H,1H3,(H2,29,30)(H,33,34)(H2,31,32,35). The van der Waals surface area contributed by atoms with Gasteiger partial charge in [-0.25, -0.2) is 14.6 Å². The molecular weight excluding hydrogens is 472 g/mol. The number of urea groups is 1. The van der Waals surface area contributed by atoms with Crippen LogP contribution in [0.25, 0.3) is 32.3 Å². The third kappa shape index (κ3) is 4.62. The molecule has 0 aliphatic carbocycles. The van der Waals surface area contributed by atoms with Gasteiger partial charge in [-0.15, -0.1) is 11.3 Å². The van der Waals surface area contributed by atoms with Crippen molar-refractivity contribution in [1.29, 1.82) is 0 Å². The highest BCUT2D eigenvalue weighted by Crippen LogP contribution is 2.42. The van der Waals surface area contributed by atoms with E-state index in [1.54, 1.807) is 24.4 Å². The summed E-state index contributed by atoms with van der Waals surface area (Å²) in [6.45, 7) is 1.97. The zero-order valence-corrected chi connectivity index (χ0v) is 20.1. The maximum absolute atomic E-state index is 12.4. The molecule has 0 aliphatic rings. The van der Waals surface area contributed by atoms with Crippen LogP contribution in [0.15, 0.2) is 84.4 Å². The second-order valence-electron chi connectivity index (χ2n) is 8.32. The quantitative estimate of drug-likeness (QED) is 0.213. The topological polar surface area (TPSA) is 117 Å². The first-order chi connectivity index (χ1) is 17.4. The summed E-state index contributed by atoms with van der Waals surface area (Å²) < 4.78 is 0.930. The molecule has 5 aromatic rings. The molecule has 0 fully saturated rings. The average molecular weight is 495 g/mol. The Morgan fingerprint density at radius 2 is 1.64 bits per heavy atom. The molecule has 3 aromatic carbocycles. The number of nitrogens with one attached hydrogen (secondary N) is 2. The van der Waals surface area contributed by atoms with Gasteiger partial charge < -0.3 is 21.5 Å². The van der Waals surface area contributed by atoms with Gasteiger partial charge in [0.2, 0.25) is 0 Å². The molecule has 0 bridgehead atoms. The Morgan fingerprint density at radius 1 is 0.889 bits per heavy atom. The van der Waals surface area contributed by atoms with Gasteiger partial charge in [-0.2, -0.15) is 0 Å². The lowest BCUT2D eigenvalue weighted by atomic mass is 10.00. The summed E-state index contributed by atoms with van der Waals surface area (Å²) in [4.78, 5) is 28.2. The van der Waals surface area contributed by atoms with Crippen molar-refractivity contribution in [2.24, 2.45) is 0 Å². The molecule has 7 nitrogen and oxygen atoms in total. The lowest BCUT2D eigenvalue weighted by molar-refractivity contribution is 0.0697. The molecule has 178 valence electrons. The van der Waals surface area contributed by atoms with Crippen LogP contribution in [0.2, 0.25) is 0 Å². The van der Waals surface area contributed by atoms with Gasteiger partial charge in [-0.05, 0) is 65.4 Å². The lowest BCUT2D eigenvalue weighted by Gasteiger charge is -2.10. The molecule has 2 aromatic heterocycles. The second kappa shape index (κ2) is 9.52. The number of amides is 2. The summed E-state index contributed by atoms with van der Waals surface area (Å²) in [6, 6.07) is 21.5. The first-order valence-electron chi connectivity index (χ1n) is 11.1. The van der Waals surface area contributed by atoms with Gasteiger partial charge in [-0.3, -0.25) is 0 Å². The Morgan fingerprint density at radius 3 is 2.39 bits per heavy atom. The molecular formula is C28H22N4O3S. The van der Waals surface area contributed by atoms with Crippen molar-refractivity contribution in [2.75, 3.05) is 16.4 Å². The number of nitrogens with two attached hydrogens (primary N) is 1. The largest absolute Gasteiger partial charge is 0.478 e. The Kier molecular flexibility index (Phi) is 6.10.